The second-order valence-electron chi connectivity index (χ2n) is 5.81. The number of aliphatic hydroxyl groups is 1. The number of unbranched alkanes of at least 4 members (excludes halogenated alkanes) is 7. The van der Waals surface area contributed by atoms with Crippen LogP contribution in [0.3, 0.4) is 0 Å². The summed E-state index contributed by atoms with van der Waals surface area (Å²) >= 11 is 0. The van der Waals surface area contributed by atoms with E-state index in [4.69, 9.17) is 27.4 Å². The Kier molecular flexibility index (Phi) is 26.0. The second-order valence-corrected chi connectivity index (χ2v) is 6.63. The Bertz CT molecular complexity index is 532. The van der Waals surface area contributed by atoms with Gasteiger partial charge in [0.2, 0.25) is 0 Å². The van der Waals surface area contributed by atoms with Gasteiger partial charge in [0.15, 0.2) is 0 Å². The summed E-state index contributed by atoms with van der Waals surface area (Å²) in [5, 5.41) is 8.83. The van der Waals surface area contributed by atoms with Gasteiger partial charge in [-0.1, -0.05) is 70.1 Å². The fourth-order valence-electron chi connectivity index (χ4n) is 2.46. The average molecular weight is 420 g/mol. The fourth-order valence-corrected chi connectivity index (χ4v) is 2.46. The molecule has 0 radical (unpaired) electrons. The molecule has 0 spiro atoms. The summed E-state index contributed by atoms with van der Waals surface area (Å²) in [6.07, 6.45) is 11.8. The van der Waals surface area contributed by atoms with Gasteiger partial charge in [0, 0.05) is 10.4 Å². The summed E-state index contributed by atoms with van der Waals surface area (Å²) in [5.74, 6) is 0.935. The normalized spacial score (nSPS) is 10.1. The molecule has 0 atom stereocenters. The first-order valence-corrected chi connectivity index (χ1v) is 10.2. The van der Waals surface area contributed by atoms with Crippen molar-refractivity contribution < 1.29 is 86.5 Å². The number of benzene rings is 1. The molecule has 0 heterocycles. The van der Waals surface area contributed by atoms with E-state index < -0.39 is 10.4 Å². The third-order valence-corrected chi connectivity index (χ3v) is 3.62. The van der Waals surface area contributed by atoms with Crippen LogP contribution in [0.1, 0.15) is 63.9 Å². The van der Waals surface area contributed by atoms with Gasteiger partial charge in [-0.2, -0.15) is 0 Å². The van der Waals surface area contributed by atoms with Crippen LogP contribution in [-0.2, 0) is 16.8 Å². The van der Waals surface area contributed by atoms with Crippen molar-refractivity contribution >= 4 is 10.4 Å². The molecule has 1 rings (SSSR count). The molecule has 0 saturated carbocycles. The zero-order valence-electron chi connectivity index (χ0n) is 17.0. The van der Waals surface area contributed by atoms with Crippen LogP contribution >= 0.6 is 0 Å². The Morgan fingerprint density at radius 3 is 1.93 bits per heavy atom. The predicted molar refractivity (Wildman–Crippen MR) is 95.8 cm³/mol. The van der Waals surface area contributed by atoms with E-state index in [0.29, 0.717) is 6.61 Å². The Balaban J connectivity index is -0.000000729. The van der Waals surface area contributed by atoms with Crippen LogP contribution in [-0.4, -0.2) is 35.8 Å². The molecule has 0 unspecified atom stereocenters. The number of rotatable bonds is 12. The monoisotopic (exact) mass is 420 g/mol. The molecule has 1 aromatic rings. The van der Waals surface area contributed by atoms with Crippen LogP contribution in [0.4, 0.5) is 0 Å². The van der Waals surface area contributed by atoms with E-state index in [1.54, 1.807) is 0 Å². The van der Waals surface area contributed by atoms with Crippen molar-refractivity contribution in [1.29, 1.82) is 0 Å². The summed E-state index contributed by atoms with van der Waals surface area (Å²) < 4.78 is 39.6. The molecule has 0 amide bonds. The van der Waals surface area contributed by atoms with Gasteiger partial charge in [0.05, 0.1) is 6.61 Å². The second kappa shape index (κ2) is 21.6. The summed E-state index contributed by atoms with van der Waals surface area (Å²) in [4.78, 5) is 0. The van der Waals surface area contributed by atoms with Gasteiger partial charge < -0.3 is 18.9 Å². The van der Waals surface area contributed by atoms with Gasteiger partial charge in [0.1, 0.15) is 12.4 Å². The third-order valence-electron chi connectivity index (χ3n) is 3.62. The first-order chi connectivity index (χ1) is 11.9. The maximum absolute atomic E-state index is 8.83. The van der Waals surface area contributed by atoms with Gasteiger partial charge in [-0.3, -0.25) is 8.42 Å². The molecule has 0 saturated heterocycles. The van der Waals surface area contributed by atoms with Gasteiger partial charge in [-0.25, -0.2) is 0 Å². The first-order valence-electron chi connectivity index (χ1n) is 8.86. The number of aryl methyl sites for hydroxylation is 1. The maximum Gasteiger partial charge on any atom is 1.00 e. The SMILES string of the molecule is CCCCCCCCCCc1ccccc1OCCO.O=S(=O)([O-])[O-].[Na+].[Na+]. The molecule has 1 aromatic carbocycles. The first kappa shape index (κ1) is 32.5. The molecule has 1 N–H and O–H groups in total. The molecule has 146 valence electrons. The van der Waals surface area contributed by atoms with Crippen LogP contribution in [0.5, 0.6) is 5.75 Å². The molecule has 0 aromatic heterocycles. The maximum atomic E-state index is 8.83. The third kappa shape index (κ3) is 24.8. The minimum atomic E-state index is -5.17. The van der Waals surface area contributed by atoms with Crippen molar-refractivity contribution in [2.75, 3.05) is 13.2 Å². The molecule has 0 bridgehead atoms. The van der Waals surface area contributed by atoms with Crippen molar-refractivity contribution in [2.24, 2.45) is 0 Å². The molecule has 9 heteroatoms. The summed E-state index contributed by atoms with van der Waals surface area (Å²) in [5.41, 5.74) is 1.27. The Hall–Kier alpha value is 0.850. The number of aliphatic hydroxyl groups excluding tert-OH is 1. The smallest absolute Gasteiger partial charge is 0.759 e. The van der Waals surface area contributed by atoms with Crippen LogP contribution in [0, 0.1) is 0 Å². The van der Waals surface area contributed by atoms with E-state index >= 15 is 0 Å². The minimum absolute atomic E-state index is 0. The largest absolute Gasteiger partial charge is 1.00 e. The molecule has 0 aliphatic carbocycles. The van der Waals surface area contributed by atoms with Gasteiger partial charge >= 0.3 is 59.1 Å². The van der Waals surface area contributed by atoms with Gasteiger partial charge in [-0.05, 0) is 24.5 Å². The summed E-state index contributed by atoms with van der Waals surface area (Å²) in [6.45, 7) is 2.72. The minimum Gasteiger partial charge on any atom is -0.759 e. The predicted octanol–water partition coefficient (Wildman–Crippen LogP) is -2.59. The van der Waals surface area contributed by atoms with Crippen molar-refractivity contribution in [3.8, 4) is 5.75 Å². The van der Waals surface area contributed by atoms with Crippen molar-refractivity contribution in [3.63, 3.8) is 0 Å². The van der Waals surface area contributed by atoms with Gasteiger partial charge in [-0.15, -0.1) is 0 Å². The molecule has 0 fully saturated rings. The van der Waals surface area contributed by atoms with Crippen molar-refractivity contribution in [1.82, 2.24) is 0 Å². The van der Waals surface area contributed by atoms with Crippen LogP contribution in [0.2, 0.25) is 0 Å². The number of ether oxygens (including phenoxy) is 1. The standard InChI is InChI=1S/C18H30O2.2Na.H2O4S/c1-2-3-4-5-6-7-8-9-12-17-13-10-11-14-18(17)20-16-15-19;;;1-5(2,3)4/h10-11,13-14,19H,2-9,12,15-16H2,1H3;;;(H2,1,2,3,4)/q;2*+1;/p-2. The van der Waals surface area contributed by atoms with E-state index in [9.17, 15) is 0 Å². The average Bonchev–Trinajstić information content (AvgIpc) is 2.55. The molecular formula is C18H30Na2O6S. The molecule has 6 nitrogen and oxygen atoms in total. The number of hydrogen-bond donors (Lipinski definition) is 1. The van der Waals surface area contributed by atoms with Crippen molar-refractivity contribution in [2.45, 2.75) is 64.7 Å². The Morgan fingerprint density at radius 2 is 1.41 bits per heavy atom. The zero-order chi connectivity index (χ0) is 19.0. The van der Waals surface area contributed by atoms with E-state index in [0.717, 1.165) is 12.2 Å². The van der Waals surface area contributed by atoms with E-state index in [2.05, 4.69) is 19.1 Å². The molecule has 27 heavy (non-hydrogen) atoms. The Labute approximate surface area is 208 Å². The fraction of sp³-hybridized carbons (Fsp3) is 0.667. The summed E-state index contributed by atoms with van der Waals surface area (Å²) in [7, 11) is -5.17. The van der Waals surface area contributed by atoms with Crippen LogP contribution < -0.4 is 63.9 Å². The Morgan fingerprint density at radius 1 is 0.926 bits per heavy atom. The van der Waals surface area contributed by atoms with E-state index in [-0.39, 0.29) is 65.7 Å². The van der Waals surface area contributed by atoms with Gasteiger partial charge in [0.25, 0.3) is 0 Å². The molecular weight excluding hydrogens is 390 g/mol. The molecule has 0 aliphatic heterocycles. The quantitative estimate of drug-likeness (QED) is 0.172. The van der Waals surface area contributed by atoms with E-state index in [1.807, 2.05) is 12.1 Å². The molecule has 0 aliphatic rings. The summed E-state index contributed by atoms with van der Waals surface area (Å²) in [6, 6.07) is 8.18. The van der Waals surface area contributed by atoms with E-state index in [1.165, 1.54) is 56.9 Å². The number of hydrogen-bond acceptors (Lipinski definition) is 6. The van der Waals surface area contributed by atoms with Crippen LogP contribution in [0.25, 0.3) is 0 Å². The topological polar surface area (TPSA) is 110 Å². The van der Waals surface area contributed by atoms with Crippen molar-refractivity contribution in [3.05, 3.63) is 29.8 Å². The zero-order valence-corrected chi connectivity index (χ0v) is 21.8. The number of para-hydroxylation sites is 1. The van der Waals surface area contributed by atoms with Crippen LogP contribution in [0.15, 0.2) is 24.3 Å².